The van der Waals surface area contributed by atoms with E-state index in [0.29, 0.717) is 5.02 Å². The predicted octanol–water partition coefficient (Wildman–Crippen LogP) is 3.70. The number of phenolic OH excluding ortho intramolecular Hbond substituents is 1. The van der Waals surface area contributed by atoms with Crippen molar-refractivity contribution in [2.75, 3.05) is 0 Å². The predicted molar refractivity (Wildman–Crippen MR) is 67.0 cm³/mol. The van der Waals surface area contributed by atoms with Gasteiger partial charge >= 0.3 is 0 Å². The SMILES string of the molecule is N#CC(c1ccc(O)cc1)c1cccc(Cl)c1. The second-order valence-electron chi connectivity index (χ2n) is 3.71. The Balaban J connectivity index is 2.41. The summed E-state index contributed by atoms with van der Waals surface area (Å²) in [6.07, 6.45) is 0. The van der Waals surface area contributed by atoms with Gasteiger partial charge in [-0.2, -0.15) is 5.26 Å². The van der Waals surface area contributed by atoms with Crippen LogP contribution in [0.1, 0.15) is 17.0 Å². The van der Waals surface area contributed by atoms with Gasteiger partial charge in [-0.15, -0.1) is 0 Å². The smallest absolute Gasteiger partial charge is 0.115 e. The maximum absolute atomic E-state index is 9.24. The quantitative estimate of drug-likeness (QED) is 0.874. The minimum Gasteiger partial charge on any atom is -0.508 e. The third-order valence-electron chi connectivity index (χ3n) is 2.54. The van der Waals surface area contributed by atoms with Crippen LogP contribution in [0, 0.1) is 11.3 Å². The molecule has 0 saturated heterocycles. The Bertz CT molecular complexity index is 557. The molecule has 2 aromatic carbocycles. The summed E-state index contributed by atoms with van der Waals surface area (Å²) < 4.78 is 0. The highest BCUT2D eigenvalue weighted by Crippen LogP contribution is 2.27. The molecule has 2 aromatic rings. The number of rotatable bonds is 2. The Morgan fingerprint density at radius 3 is 2.35 bits per heavy atom. The van der Waals surface area contributed by atoms with Crippen molar-refractivity contribution in [1.29, 1.82) is 5.26 Å². The average Bonchev–Trinajstić information content (AvgIpc) is 2.33. The summed E-state index contributed by atoms with van der Waals surface area (Å²) in [7, 11) is 0. The summed E-state index contributed by atoms with van der Waals surface area (Å²) in [5.74, 6) is -0.175. The zero-order valence-electron chi connectivity index (χ0n) is 8.97. The van der Waals surface area contributed by atoms with Crippen molar-refractivity contribution in [3.8, 4) is 11.8 Å². The van der Waals surface area contributed by atoms with Gasteiger partial charge in [0.1, 0.15) is 5.75 Å². The number of hydrogen-bond donors (Lipinski definition) is 1. The van der Waals surface area contributed by atoms with Gasteiger partial charge in [0.2, 0.25) is 0 Å². The van der Waals surface area contributed by atoms with Crippen LogP contribution in [0.2, 0.25) is 5.02 Å². The van der Waals surface area contributed by atoms with Gasteiger partial charge in [0.05, 0.1) is 12.0 Å². The zero-order chi connectivity index (χ0) is 12.3. The molecule has 0 aliphatic rings. The van der Waals surface area contributed by atoms with E-state index in [1.54, 1.807) is 36.4 Å². The number of nitriles is 1. The molecule has 0 radical (unpaired) electrons. The van der Waals surface area contributed by atoms with E-state index in [0.717, 1.165) is 11.1 Å². The van der Waals surface area contributed by atoms with E-state index >= 15 is 0 Å². The zero-order valence-corrected chi connectivity index (χ0v) is 9.72. The Kier molecular flexibility index (Phi) is 3.32. The van der Waals surface area contributed by atoms with Gasteiger partial charge in [-0.1, -0.05) is 35.9 Å². The van der Waals surface area contributed by atoms with Crippen LogP contribution in [0.15, 0.2) is 48.5 Å². The Hall–Kier alpha value is -1.98. The van der Waals surface area contributed by atoms with E-state index in [9.17, 15) is 10.4 Å². The fourth-order valence-electron chi connectivity index (χ4n) is 1.69. The van der Waals surface area contributed by atoms with E-state index in [1.165, 1.54) is 0 Å². The van der Waals surface area contributed by atoms with Crippen molar-refractivity contribution in [1.82, 2.24) is 0 Å². The first-order valence-corrected chi connectivity index (χ1v) is 5.52. The first-order chi connectivity index (χ1) is 8.20. The lowest BCUT2D eigenvalue weighted by Crippen LogP contribution is -1.97. The van der Waals surface area contributed by atoms with Crippen LogP contribution in [0.25, 0.3) is 0 Å². The lowest BCUT2D eigenvalue weighted by atomic mass is 9.93. The van der Waals surface area contributed by atoms with Gasteiger partial charge in [-0.25, -0.2) is 0 Å². The summed E-state index contributed by atoms with van der Waals surface area (Å²) in [6.45, 7) is 0. The standard InChI is InChI=1S/C14H10ClNO/c15-12-3-1-2-11(8-12)14(9-16)10-4-6-13(17)7-5-10/h1-8,14,17H. The van der Waals surface area contributed by atoms with Gasteiger partial charge in [-0.3, -0.25) is 0 Å². The molecule has 3 heteroatoms. The molecule has 84 valence electrons. The van der Waals surface area contributed by atoms with Crippen LogP contribution in [-0.2, 0) is 0 Å². The highest BCUT2D eigenvalue weighted by molar-refractivity contribution is 6.30. The maximum Gasteiger partial charge on any atom is 0.115 e. The normalized spacial score (nSPS) is 11.8. The largest absolute Gasteiger partial charge is 0.508 e. The Morgan fingerprint density at radius 2 is 1.76 bits per heavy atom. The minimum atomic E-state index is -0.366. The fraction of sp³-hybridized carbons (Fsp3) is 0.0714. The van der Waals surface area contributed by atoms with Crippen molar-refractivity contribution in [2.45, 2.75) is 5.92 Å². The monoisotopic (exact) mass is 243 g/mol. The van der Waals surface area contributed by atoms with Crippen LogP contribution < -0.4 is 0 Å². The first-order valence-electron chi connectivity index (χ1n) is 5.14. The van der Waals surface area contributed by atoms with Gasteiger partial charge in [0.25, 0.3) is 0 Å². The van der Waals surface area contributed by atoms with Crippen molar-refractivity contribution in [3.05, 3.63) is 64.7 Å². The average molecular weight is 244 g/mol. The van der Waals surface area contributed by atoms with Gasteiger partial charge in [-0.05, 0) is 35.4 Å². The van der Waals surface area contributed by atoms with Crippen LogP contribution in [-0.4, -0.2) is 5.11 Å². The number of halogens is 1. The summed E-state index contributed by atoms with van der Waals surface area (Å²) in [5, 5.41) is 19.1. The maximum atomic E-state index is 9.24. The molecule has 0 aromatic heterocycles. The molecule has 0 heterocycles. The van der Waals surface area contributed by atoms with Crippen molar-refractivity contribution < 1.29 is 5.11 Å². The van der Waals surface area contributed by atoms with E-state index in [-0.39, 0.29) is 11.7 Å². The number of nitrogens with zero attached hydrogens (tertiary/aromatic N) is 1. The highest BCUT2D eigenvalue weighted by atomic mass is 35.5. The first kappa shape index (κ1) is 11.5. The van der Waals surface area contributed by atoms with E-state index < -0.39 is 0 Å². The Morgan fingerprint density at radius 1 is 1.06 bits per heavy atom. The van der Waals surface area contributed by atoms with E-state index in [2.05, 4.69) is 6.07 Å². The molecule has 17 heavy (non-hydrogen) atoms. The topological polar surface area (TPSA) is 44.0 Å². The van der Waals surface area contributed by atoms with Gasteiger partial charge in [0, 0.05) is 5.02 Å². The molecule has 1 atom stereocenters. The number of hydrogen-bond acceptors (Lipinski definition) is 2. The molecule has 0 aliphatic carbocycles. The second kappa shape index (κ2) is 4.90. The highest BCUT2D eigenvalue weighted by Gasteiger charge is 2.13. The van der Waals surface area contributed by atoms with Crippen LogP contribution in [0.3, 0.4) is 0 Å². The molecule has 0 bridgehead atoms. The number of phenols is 1. The molecule has 1 unspecified atom stereocenters. The molecule has 1 N–H and O–H groups in total. The number of aromatic hydroxyl groups is 1. The molecule has 2 rings (SSSR count). The van der Waals surface area contributed by atoms with E-state index in [1.807, 2.05) is 12.1 Å². The summed E-state index contributed by atoms with van der Waals surface area (Å²) >= 11 is 5.91. The van der Waals surface area contributed by atoms with Crippen molar-refractivity contribution in [2.24, 2.45) is 0 Å². The molecule has 0 spiro atoms. The molecular weight excluding hydrogens is 234 g/mol. The lowest BCUT2D eigenvalue weighted by molar-refractivity contribution is 0.475. The van der Waals surface area contributed by atoms with Gasteiger partial charge in [0.15, 0.2) is 0 Å². The second-order valence-corrected chi connectivity index (χ2v) is 4.15. The summed E-state index contributed by atoms with van der Waals surface area (Å²) in [4.78, 5) is 0. The molecular formula is C14H10ClNO. The molecule has 0 aliphatic heterocycles. The number of benzene rings is 2. The van der Waals surface area contributed by atoms with Crippen molar-refractivity contribution >= 4 is 11.6 Å². The minimum absolute atomic E-state index is 0.191. The molecule has 0 amide bonds. The Labute approximate surface area is 105 Å². The van der Waals surface area contributed by atoms with Crippen LogP contribution in [0.5, 0.6) is 5.75 Å². The third kappa shape index (κ3) is 2.58. The molecule has 0 saturated carbocycles. The van der Waals surface area contributed by atoms with Crippen LogP contribution >= 0.6 is 11.6 Å². The molecule has 2 nitrogen and oxygen atoms in total. The van der Waals surface area contributed by atoms with Crippen molar-refractivity contribution in [3.63, 3.8) is 0 Å². The summed E-state index contributed by atoms with van der Waals surface area (Å²) in [5.41, 5.74) is 1.69. The van der Waals surface area contributed by atoms with Crippen LogP contribution in [0.4, 0.5) is 0 Å². The lowest BCUT2D eigenvalue weighted by Gasteiger charge is -2.10. The third-order valence-corrected chi connectivity index (χ3v) is 2.77. The molecule has 0 fully saturated rings. The van der Waals surface area contributed by atoms with Gasteiger partial charge < -0.3 is 5.11 Å². The fourth-order valence-corrected chi connectivity index (χ4v) is 1.89. The summed E-state index contributed by atoms with van der Waals surface area (Å²) in [6, 6.07) is 16.1. The van der Waals surface area contributed by atoms with E-state index in [4.69, 9.17) is 11.6 Å².